The number of rotatable bonds is 7. The molecule has 0 aliphatic carbocycles. The van der Waals surface area contributed by atoms with Gasteiger partial charge < -0.3 is 19.7 Å². The van der Waals surface area contributed by atoms with E-state index in [4.69, 9.17) is 9.47 Å². The number of carbonyl (C=O) groups excluding carboxylic acids is 2. The second-order valence-corrected chi connectivity index (χ2v) is 6.21. The van der Waals surface area contributed by atoms with E-state index < -0.39 is 0 Å². The zero-order valence-corrected chi connectivity index (χ0v) is 13.8. The SMILES string of the molecule is O=C(COC[C@@H]1CCCO1)Nc1cnn(CC(=O)N2CCCC2)c1. The zero-order valence-electron chi connectivity index (χ0n) is 13.8. The van der Waals surface area contributed by atoms with E-state index in [0.29, 0.717) is 12.3 Å². The summed E-state index contributed by atoms with van der Waals surface area (Å²) in [6.45, 7) is 3.05. The third kappa shape index (κ3) is 4.78. The molecule has 2 saturated heterocycles. The van der Waals surface area contributed by atoms with E-state index in [1.54, 1.807) is 10.9 Å². The van der Waals surface area contributed by atoms with E-state index in [1.165, 1.54) is 6.20 Å². The molecule has 2 aliphatic rings. The fourth-order valence-electron chi connectivity index (χ4n) is 2.98. The number of hydrogen-bond acceptors (Lipinski definition) is 5. The average Bonchev–Trinajstić information content (AvgIpc) is 3.30. The van der Waals surface area contributed by atoms with E-state index in [2.05, 4.69) is 10.4 Å². The number of anilines is 1. The van der Waals surface area contributed by atoms with Crippen LogP contribution in [0.3, 0.4) is 0 Å². The fourth-order valence-corrected chi connectivity index (χ4v) is 2.98. The molecule has 132 valence electrons. The summed E-state index contributed by atoms with van der Waals surface area (Å²) in [5.74, 6) is -0.174. The normalized spacial score (nSPS) is 20.5. The molecule has 1 N–H and O–H groups in total. The molecule has 24 heavy (non-hydrogen) atoms. The molecule has 1 aromatic heterocycles. The topological polar surface area (TPSA) is 85.7 Å². The summed E-state index contributed by atoms with van der Waals surface area (Å²) in [4.78, 5) is 25.7. The smallest absolute Gasteiger partial charge is 0.250 e. The molecule has 0 aromatic carbocycles. The Hall–Kier alpha value is -1.93. The largest absolute Gasteiger partial charge is 0.376 e. The number of likely N-dealkylation sites (tertiary alicyclic amines) is 1. The van der Waals surface area contributed by atoms with E-state index in [9.17, 15) is 9.59 Å². The number of amides is 2. The van der Waals surface area contributed by atoms with Crippen molar-refractivity contribution in [3.63, 3.8) is 0 Å². The third-order valence-corrected chi connectivity index (χ3v) is 4.23. The molecule has 2 amide bonds. The van der Waals surface area contributed by atoms with Crippen LogP contribution in [0, 0.1) is 0 Å². The molecule has 0 spiro atoms. The Balaban J connectivity index is 1.38. The Labute approximate surface area is 141 Å². The molecule has 0 unspecified atom stereocenters. The summed E-state index contributed by atoms with van der Waals surface area (Å²) in [5, 5.41) is 6.84. The highest BCUT2D eigenvalue weighted by Gasteiger charge is 2.19. The van der Waals surface area contributed by atoms with Gasteiger partial charge in [-0.1, -0.05) is 0 Å². The van der Waals surface area contributed by atoms with Gasteiger partial charge >= 0.3 is 0 Å². The lowest BCUT2D eigenvalue weighted by Crippen LogP contribution is -2.31. The van der Waals surface area contributed by atoms with Crippen LogP contribution in [0.5, 0.6) is 0 Å². The van der Waals surface area contributed by atoms with Gasteiger partial charge in [0.25, 0.3) is 0 Å². The minimum atomic E-state index is -0.238. The molecule has 2 aliphatic heterocycles. The Morgan fingerprint density at radius 2 is 2.17 bits per heavy atom. The van der Waals surface area contributed by atoms with Crippen molar-refractivity contribution >= 4 is 17.5 Å². The van der Waals surface area contributed by atoms with Crippen molar-refractivity contribution in [2.45, 2.75) is 38.3 Å². The highest BCUT2D eigenvalue weighted by molar-refractivity contribution is 5.91. The van der Waals surface area contributed by atoms with Crippen molar-refractivity contribution in [2.75, 3.05) is 38.2 Å². The molecule has 0 saturated carbocycles. The van der Waals surface area contributed by atoms with Gasteiger partial charge in [-0.05, 0) is 25.7 Å². The van der Waals surface area contributed by atoms with Crippen LogP contribution >= 0.6 is 0 Å². The molecule has 1 atom stereocenters. The fraction of sp³-hybridized carbons (Fsp3) is 0.688. The van der Waals surface area contributed by atoms with Crippen LogP contribution in [-0.2, 0) is 25.6 Å². The maximum absolute atomic E-state index is 12.1. The maximum Gasteiger partial charge on any atom is 0.250 e. The molecule has 2 fully saturated rings. The number of nitrogens with zero attached hydrogens (tertiary/aromatic N) is 3. The van der Waals surface area contributed by atoms with Gasteiger partial charge in [0, 0.05) is 25.9 Å². The first-order valence-corrected chi connectivity index (χ1v) is 8.50. The average molecular weight is 336 g/mol. The van der Waals surface area contributed by atoms with E-state index in [-0.39, 0.29) is 31.1 Å². The number of hydrogen-bond donors (Lipinski definition) is 1. The van der Waals surface area contributed by atoms with E-state index in [0.717, 1.165) is 45.4 Å². The lowest BCUT2D eigenvalue weighted by molar-refractivity contribution is -0.131. The first-order valence-electron chi connectivity index (χ1n) is 8.50. The van der Waals surface area contributed by atoms with Gasteiger partial charge in [0.1, 0.15) is 13.2 Å². The number of aromatic nitrogens is 2. The van der Waals surface area contributed by atoms with Crippen molar-refractivity contribution < 1.29 is 19.1 Å². The summed E-state index contributed by atoms with van der Waals surface area (Å²) in [6, 6.07) is 0. The Morgan fingerprint density at radius 3 is 2.92 bits per heavy atom. The Kier molecular flexibility index (Phi) is 5.81. The summed E-state index contributed by atoms with van der Waals surface area (Å²) >= 11 is 0. The maximum atomic E-state index is 12.1. The summed E-state index contributed by atoms with van der Waals surface area (Å²) in [6.07, 6.45) is 7.48. The summed E-state index contributed by atoms with van der Waals surface area (Å²) in [5.41, 5.74) is 0.565. The number of carbonyl (C=O) groups is 2. The molecule has 3 heterocycles. The van der Waals surface area contributed by atoms with Crippen LogP contribution < -0.4 is 5.32 Å². The minimum absolute atomic E-state index is 0.0161. The Morgan fingerprint density at radius 1 is 1.33 bits per heavy atom. The lowest BCUT2D eigenvalue weighted by atomic mass is 10.2. The second kappa shape index (κ2) is 8.25. The van der Waals surface area contributed by atoms with Gasteiger partial charge in [0.2, 0.25) is 11.8 Å². The lowest BCUT2D eigenvalue weighted by Gasteiger charge is -2.14. The van der Waals surface area contributed by atoms with Gasteiger partial charge in [0.15, 0.2) is 0 Å². The Bertz CT molecular complexity index is 562. The standard InChI is InChI=1S/C16H24N4O4/c21-15(12-23-11-14-4-3-7-24-14)18-13-8-17-20(9-13)10-16(22)19-5-1-2-6-19/h8-9,14H,1-7,10-12H2,(H,18,21)/t14-/m0/s1. The van der Waals surface area contributed by atoms with Crippen molar-refractivity contribution in [2.24, 2.45) is 0 Å². The highest BCUT2D eigenvalue weighted by Crippen LogP contribution is 2.12. The highest BCUT2D eigenvalue weighted by atomic mass is 16.5. The molecule has 0 bridgehead atoms. The zero-order chi connectivity index (χ0) is 16.8. The van der Waals surface area contributed by atoms with Crippen molar-refractivity contribution in [3.8, 4) is 0 Å². The van der Waals surface area contributed by atoms with Crippen LogP contribution in [0.4, 0.5) is 5.69 Å². The predicted molar refractivity (Wildman–Crippen MR) is 86.5 cm³/mol. The van der Waals surface area contributed by atoms with E-state index in [1.807, 2.05) is 4.90 Å². The quantitative estimate of drug-likeness (QED) is 0.790. The van der Waals surface area contributed by atoms with Crippen molar-refractivity contribution in [1.82, 2.24) is 14.7 Å². The van der Waals surface area contributed by atoms with Crippen molar-refractivity contribution in [1.29, 1.82) is 0 Å². The van der Waals surface area contributed by atoms with Gasteiger partial charge in [-0.2, -0.15) is 5.10 Å². The monoisotopic (exact) mass is 336 g/mol. The summed E-state index contributed by atoms with van der Waals surface area (Å²) in [7, 11) is 0. The van der Waals surface area contributed by atoms with Crippen LogP contribution in [-0.4, -0.2) is 65.5 Å². The molecule has 0 radical (unpaired) electrons. The first kappa shape index (κ1) is 16.9. The molecule has 8 nitrogen and oxygen atoms in total. The van der Waals surface area contributed by atoms with Gasteiger partial charge in [0.05, 0.1) is 24.6 Å². The van der Waals surface area contributed by atoms with E-state index >= 15 is 0 Å². The van der Waals surface area contributed by atoms with Gasteiger partial charge in [-0.15, -0.1) is 0 Å². The van der Waals surface area contributed by atoms with Crippen LogP contribution in [0.15, 0.2) is 12.4 Å². The van der Waals surface area contributed by atoms with Gasteiger partial charge in [-0.3, -0.25) is 14.3 Å². The van der Waals surface area contributed by atoms with Crippen LogP contribution in [0.25, 0.3) is 0 Å². The minimum Gasteiger partial charge on any atom is -0.376 e. The first-order chi connectivity index (χ1) is 11.7. The number of nitrogens with one attached hydrogen (secondary N) is 1. The molecule has 3 rings (SSSR count). The molecule has 1 aromatic rings. The number of ether oxygens (including phenoxy) is 2. The molecular weight excluding hydrogens is 312 g/mol. The predicted octanol–water partition coefficient (Wildman–Crippen LogP) is 0.640. The molecular formula is C16H24N4O4. The van der Waals surface area contributed by atoms with Crippen molar-refractivity contribution in [3.05, 3.63) is 12.4 Å². The van der Waals surface area contributed by atoms with Gasteiger partial charge in [-0.25, -0.2) is 0 Å². The third-order valence-electron chi connectivity index (χ3n) is 4.23. The second-order valence-electron chi connectivity index (χ2n) is 6.21. The van der Waals surface area contributed by atoms with Crippen LogP contribution in [0.1, 0.15) is 25.7 Å². The summed E-state index contributed by atoms with van der Waals surface area (Å²) < 4.78 is 12.3. The molecule has 8 heteroatoms. The van der Waals surface area contributed by atoms with Crippen LogP contribution in [0.2, 0.25) is 0 Å².